The standard InChI is InChI=1S/C12H17ClFN3O/c1-17(2)7-6-16-11(12(15)18)8-4-3-5-9(13)10(8)14/h3-5,11,16H,6-7H2,1-2H3,(H2,15,18). The Bertz CT molecular complexity index is 426. The summed E-state index contributed by atoms with van der Waals surface area (Å²) in [6.07, 6.45) is 0. The minimum absolute atomic E-state index is 0.0202. The van der Waals surface area contributed by atoms with E-state index in [0.29, 0.717) is 13.1 Å². The summed E-state index contributed by atoms with van der Waals surface area (Å²) in [6, 6.07) is 3.64. The first-order valence-electron chi connectivity index (χ1n) is 5.55. The molecule has 0 fully saturated rings. The predicted molar refractivity (Wildman–Crippen MR) is 69.9 cm³/mol. The van der Waals surface area contributed by atoms with E-state index in [1.165, 1.54) is 12.1 Å². The molecular weight excluding hydrogens is 257 g/mol. The average molecular weight is 274 g/mol. The number of carbonyl (C=O) groups excluding carboxylic acids is 1. The van der Waals surface area contributed by atoms with E-state index in [4.69, 9.17) is 17.3 Å². The van der Waals surface area contributed by atoms with E-state index in [0.717, 1.165) is 0 Å². The topological polar surface area (TPSA) is 58.4 Å². The summed E-state index contributed by atoms with van der Waals surface area (Å²) >= 11 is 5.68. The summed E-state index contributed by atoms with van der Waals surface area (Å²) in [6.45, 7) is 1.23. The maximum atomic E-state index is 13.8. The van der Waals surface area contributed by atoms with Crippen molar-refractivity contribution in [3.05, 3.63) is 34.6 Å². The van der Waals surface area contributed by atoms with Gasteiger partial charge in [0.05, 0.1) is 5.02 Å². The highest BCUT2D eigenvalue weighted by Gasteiger charge is 2.21. The second-order valence-corrected chi connectivity index (χ2v) is 4.64. The molecule has 0 aliphatic heterocycles. The molecule has 1 rings (SSSR count). The van der Waals surface area contributed by atoms with Gasteiger partial charge in [-0.15, -0.1) is 0 Å². The summed E-state index contributed by atoms with van der Waals surface area (Å²) in [5, 5.41) is 2.90. The molecule has 100 valence electrons. The number of nitrogens with zero attached hydrogens (tertiary/aromatic N) is 1. The lowest BCUT2D eigenvalue weighted by molar-refractivity contribution is -0.120. The number of likely N-dealkylation sites (N-methyl/N-ethyl adjacent to an activating group) is 1. The van der Waals surface area contributed by atoms with Crippen LogP contribution in [-0.4, -0.2) is 38.0 Å². The molecule has 1 aromatic carbocycles. The van der Waals surface area contributed by atoms with Crippen LogP contribution in [0.25, 0.3) is 0 Å². The number of rotatable bonds is 6. The van der Waals surface area contributed by atoms with Gasteiger partial charge in [-0.2, -0.15) is 0 Å². The van der Waals surface area contributed by atoms with Crippen molar-refractivity contribution in [2.45, 2.75) is 6.04 Å². The number of benzene rings is 1. The van der Waals surface area contributed by atoms with Crippen LogP contribution in [0.15, 0.2) is 18.2 Å². The van der Waals surface area contributed by atoms with Crippen LogP contribution in [0.1, 0.15) is 11.6 Å². The molecule has 6 heteroatoms. The first-order chi connectivity index (χ1) is 8.43. The van der Waals surface area contributed by atoms with Crippen molar-refractivity contribution < 1.29 is 9.18 Å². The fraction of sp³-hybridized carbons (Fsp3) is 0.417. The van der Waals surface area contributed by atoms with Crippen LogP contribution >= 0.6 is 11.6 Å². The van der Waals surface area contributed by atoms with E-state index in [1.54, 1.807) is 6.07 Å². The molecule has 1 unspecified atom stereocenters. The Hall–Kier alpha value is -1.17. The molecule has 1 atom stereocenters. The van der Waals surface area contributed by atoms with E-state index in [1.807, 2.05) is 19.0 Å². The number of carbonyl (C=O) groups is 1. The van der Waals surface area contributed by atoms with Crippen molar-refractivity contribution in [3.63, 3.8) is 0 Å². The lowest BCUT2D eigenvalue weighted by Gasteiger charge is -2.18. The van der Waals surface area contributed by atoms with Crippen molar-refractivity contribution in [1.29, 1.82) is 0 Å². The van der Waals surface area contributed by atoms with Crippen molar-refractivity contribution in [3.8, 4) is 0 Å². The molecule has 0 radical (unpaired) electrons. The molecule has 0 saturated carbocycles. The third-order valence-electron chi connectivity index (χ3n) is 2.48. The summed E-state index contributed by atoms with van der Waals surface area (Å²) in [5.41, 5.74) is 5.45. The molecular formula is C12H17ClFN3O. The minimum Gasteiger partial charge on any atom is -0.368 e. The Morgan fingerprint density at radius 2 is 2.22 bits per heavy atom. The SMILES string of the molecule is CN(C)CCNC(C(N)=O)c1cccc(Cl)c1F. The van der Waals surface area contributed by atoms with Crippen LogP contribution in [-0.2, 0) is 4.79 Å². The molecule has 18 heavy (non-hydrogen) atoms. The summed E-state index contributed by atoms with van der Waals surface area (Å²) in [4.78, 5) is 13.3. The lowest BCUT2D eigenvalue weighted by atomic mass is 10.1. The summed E-state index contributed by atoms with van der Waals surface area (Å²) in [5.74, 6) is -1.24. The van der Waals surface area contributed by atoms with Gasteiger partial charge in [-0.05, 0) is 20.2 Å². The Balaban J connectivity index is 2.84. The first kappa shape index (κ1) is 14.9. The molecule has 1 aromatic rings. The lowest BCUT2D eigenvalue weighted by Crippen LogP contribution is -2.37. The van der Waals surface area contributed by atoms with E-state index in [9.17, 15) is 9.18 Å². The van der Waals surface area contributed by atoms with E-state index in [2.05, 4.69) is 5.32 Å². The van der Waals surface area contributed by atoms with Crippen LogP contribution in [0, 0.1) is 5.82 Å². The first-order valence-corrected chi connectivity index (χ1v) is 5.92. The molecule has 0 bridgehead atoms. The van der Waals surface area contributed by atoms with Gasteiger partial charge in [-0.3, -0.25) is 4.79 Å². The quantitative estimate of drug-likeness (QED) is 0.818. The second kappa shape index (κ2) is 6.68. The molecule has 0 heterocycles. The largest absolute Gasteiger partial charge is 0.368 e. The number of nitrogens with two attached hydrogens (primary N) is 1. The highest BCUT2D eigenvalue weighted by Crippen LogP contribution is 2.23. The van der Waals surface area contributed by atoms with Crippen LogP contribution in [0.2, 0.25) is 5.02 Å². The monoisotopic (exact) mass is 273 g/mol. The van der Waals surface area contributed by atoms with Crippen LogP contribution in [0.4, 0.5) is 4.39 Å². The van der Waals surface area contributed by atoms with Gasteiger partial charge in [-0.25, -0.2) is 4.39 Å². The Morgan fingerprint density at radius 1 is 1.56 bits per heavy atom. The minimum atomic E-state index is -0.872. The van der Waals surface area contributed by atoms with Crippen LogP contribution < -0.4 is 11.1 Å². The smallest absolute Gasteiger partial charge is 0.239 e. The van der Waals surface area contributed by atoms with Crippen molar-refractivity contribution in [2.24, 2.45) is 5.73 Å². The molecule has 1 amide bonds. The molecule has 0 aromatic heterocycles. The Labute approximate surface area is 111 Å². The second-order valence-electron chi connectivity index (χ2n) is 4.24. The van der Waals surface area contributed by atoms with Gasteiger partial charge >= 0.3 is 0 Å². The summed E-state index contributed by atoms with van der Waals surface area (Å²) < 4.78 is 13.8. The molecule has 0 saturated heterocycles. The zero-order valence-corrected chi connectivity index (χ0v) is 11.2. The number of nitrogens with one attached hydrogen (secondary N) is 1. The van der Waals surface area contributed by atoms with E-state index in [-0.39, 0.29) is 10.6 Å². The van der Waals surface area contributed by atoms with Crippen molar-refractivity contribution in [2.75, 3.05) is 27.2 Å². The average Bonchev–Trinajstić information content (AvgIpc) is 2.28. The highest BCUT2D eigenvalue weighted by molar-refractivity contribution is 6.30. The van der Waals surface area contributed by atoms with Crippen molar-refractivity contribution >= 4 is 17.5 Å². The van der Waals surface area contributed by atoms with Gasteiger partial charge in [0.2, 0.25) is 5.91 Å². The highest BCUT2D eigenvalue weighted by atomic mass is 35.5. The van der Waals surface area contributed by atoms with E-state index >= 15 is 0 Å². The van der Waals surface area contributed by atoms with Gasteiger partial charge in [0.1, 0.15) is 11.9 Å². The normalized spacial score (nSPS) is 12.7. The number of primary amides is 1. The fourth-order valence-corrected chi connectivity index (χ4v) is 1.72. The summed E-state index contributed by atoms with van der Waals surface area (Å²) in [7, 11) is 3.81. The van der Waals surface area contributed by atoms with Gasteiger partial charge in [0.15, 0.2) is 0 Å². The molecule has 0 aliphatic carbocycles. The van der Waals surface area contributed by atoms with Gasteiger partial charge < -0.3 is 16.0 Å². The Morgan fingerprint density at radius 3 is 2.78 bits per heavy atom. The third kappa shape index (κ3) is 3.94. The van der Waals surface area contributed by atoms with Crippen LogP contribution in [0.5, 0.6) is 0 Å². The maximum Gasteiger partial charge on any atom is 0.239 e. The number of hydrogen-bond donors (Lipinski definition) is 2. The number of hydrogen-bond acceptors (Lipinski definition) is 3. The van der Waals surface area contributed by atoms with Crippen LogP contribution in [0.3, 0.4) is 0 Å². The van der Waals surface area contributed by atoms with Gasteiger partial charge in [-0.1, -0.05) is 23.7 Å². The molecule has 3 N–H and O–H groups in total. The molecule has 0 spiro atoms. The van der Waals surface area contributed by atoms with E-state index < -0.39 is 17.8 Å². The number of amides is 1. The zero-order valence-electron chi connectivity index (χ0n) is 10.4. The molecule has 4 nitrogen and oxygen atoms in total. The number of halogens is 2. The fourth-order valence-electron chi connectivity index (χ4n) is 1.54. The predicted octanol–water partition coefficient (Wildman–Crippen LogP) is 1.16. The van der Waals surface area contributed by atoms with Gasteiger partial charge in [0, 0.05) is 18.7 Å². The zero-order chi connectivity index (χ0) is 13.7. The van der Waals surface area contributed by atoms with Crippen molar-refractivity contribution in [1.82, 2.24) is 10.2 Å². The van der Waals surface area contributed by atoms with Gasteiger partial charge in [0.25, 0.3) is 0 Å². The molecule has 0 aliphatic rings. The third-order valence-corrected chi connectivity index (χ3v) is 2.78. The Kier molecular flexibility index (Phi) is 5.53. The maximum absolute atomic E-state index is 13.8.